The smallest absolute Gasteiger partial charge is 0.352 e. The molecular weight excluding hydrogens is 531 g/mol. The second-order valence-corrected chi connectivity index (χ2v) is 9.34. The molecule has 1 fully saturated rings. The number of nitrogens with one attached hydrogen (secondary N) is 1. The molecule has 4 rings (SSSR count). The van der Waals surface area contributed by atoms with Gasteiger partial charge in [-0.1, -0.05) is 23.7 Å². The molecule has 0 saturated carbocycles. The van der Waals surface area contributed by atoms with Gasteiger partial charge in [0.1, 0.15) is 17.2 Å². The van der Waals surface area contributed by atoms with Gasteiger partial charge < -0.3 is 10.2 Å². The molecule has 38 heavy (non-hydrogen) atoms. The molecule has 0 bridgehead atoms. The van der Waals surface area contributed by atoms with Gasteiger partial charge in [0, 0.05) is 6.07 Å². The number of nitriles is 1. The molecule has 12 heteroatoms. The average Bonchev–Trinajstić information content (AvgIpc) is 3.00. The molecule has 0 unspecified atom stereocenters. The van der Waals surface area contributed by atoms with Crippen LogP contribution < -0.4 is 10.2 Å². The number of urea groups is 1. The quantitative estimate of drug-likeness (QED) is 0.275. The molecule has 0 atom stereocenters. The van der Waals surface area contributed by atoms with Gasteiger partial charge in [0.2, 0.25) is 0 Å². The summed E-state index contributed by atoms with van der Waals surface area (Å²) in [5.41, 5.74) is -3.33. The lowest BCUT2D eigenvalue weighted by atomic mass is 10.0. The molecule has 3 amide bonds. The van der Waals surface area contributed by atoms with Crippen LogP contribution in [0.1, 0.15) is 30.5 Å². The lowest BCUT2D eigenvalue weighted by Gasteiger charge is -2.29. The Kier molecular flexibility index (Phi) is 6.80. The number of imide groups is 1. The van der Waals surface area contributed by atoms with Crippen molar-refractivity contribution in [3.05, 3.63) is 87.9 Å². The number of rotatable bonds is 5. The molecule has 1 aliphatic heterocycles. The zero-order valence-electron chi connectivity index (χ0n) is 19.8. The highest BCUT2D eigenvalue weighted by Gasteiger charge is 2.52. The van der Waals surface area contributed by atoms with E-state index in [9.17, 15) is 31.5 Å². The second-order valence-electron chi connectivity index (χ2n) is 8.93. The standard InChI is InChI=1S/C26H18ClF5N4O2/c1-25(2)23(37)36(17-8-6-14(12-33)18(11-17)26(30,31)32)24(38)35(25)13-15-4-3-5-19(27)22(15)34-21-9-7-16(28)10-20(21)29/h3-11,34H,13H2,1-2H3. The van der Waals surface area contributed by atoms with Crippen LogP contribution >= 0.6 is 11.6 Å². The van der Waals surface area contributed by atoms with E-state index in [1.165, 1.54) is 26.0 Å². The lowest BCUT2D eigenvalue weighted by Crippen LogP contribution is -2.43. The Balaban J connectivity index is 1.72. The number of amides is 3. The number of halogens is 6. The second kappa shape index (κ2) is 9.61. The summed E-state index contributed by atoms with van der Waals surface area (Å²) in [5, 5.41) is 12.0. The zero-order chi connectivity index (χ0) is 28.0. The molecule has 0 radical (unpaired) electrons. The van der Waals surface area contributed by atoms with Crippen LogP contribution in [0.2, 0.25) is 5.02 Å². The minimum absolute atomic E-state index is 0.0947. The van der Waals surface area contributed by atoms with E-state index < -0.39 is 46.4 Å². The minimum atomic E-state index is -4.89. The van der Waals surface area contributed by atoms with Gasteiger partial charge in [-0.2, -0.15) is 18.4 Å². The number of carbonyl (C=O) groups excluding carboxylic acids is 2. The molecule has 3 aromatic rings. The van der Waals surface area contributed by atoms with Crippen LogP contribution in [0.5, 0.6) is 0 Å². The summed E-state index contributed by atoms with van der Waals surface area (Å²) in [6.45, 7) is 2.62. The number of anilines is 3. The normalized spacial score (nSPS) is 15.1. The number of hydrogen-bond donors (Lipinski definition) is 1. The summed E-state index contributed by atoms with van der Waals surface area (Å²) < 4.78 is 68.1. The van der Waals surface area contributed by atoms with Crippen molar-refractivity contribution in [3.8, 4) is 6.07 Å². The molecular formula is C26H18ClF5N4O2. The van der Waals surface area contributed by atoms with Crippen LogP contribution in [0, 0.1) is 23.0 Å². The lowest BCUT2D eigenvalue weighted by molar-refractivity contribution is -0.137. The molecule has 0 aromatic heterocycles. The SMILES string of the molecule is CC1(C)C(=O)N(c2ccc(C#N)c(C(F)(F)F)c2)C(=O)N1Cc1cccc(Cl)c1Nc1ccc(F)cc1F. The Bertz CT molecular complexity index is 1500. The number of benzene rings is 3. The van der Waals surface area contributed by atoms with Crippen molar-refractivity contribution in [2.45, 2.75) is 32.1 Å². The van der Waals surface area contributed by atoms with Crippen LogP contribution in [0.25, 0.3) is 0 Å². The van der Waals surface area contributed by atoms with Gasteiger partial charge in [-0.05, 0) is 55.8 Å². The first kappa shape index (κ1) is 26.9. The monoisotopic (exact) mass is 548 g/mol. The van der Waals surface area contributed by atoms with Gasteiger partial charge >= 0.3 is 12.2 Å². The summed E-state index contributed by atoms with van der Waals surface area (Å²) in [6.07, 6.45) is -4.89. The van der Waals surface area contributed by atoms with Crippen LogP contribution in [-0.2, 0) is 17.5 Å². The third-order valence-corrected chi connectivity index (χ3v) is 6.44. The Morgan fingerprint density at radius 2 is 1.76 bits per heavy atom. The molecule has 1 N–H and O–H groups in total. The Hall–Kier alpha value is -4.17. The fraction of sp³-hybridized carbons (Fsp3) is 0.192. The van der Waals surface area contributed by atoms with E-state index in [4.69, 9.17) is 16.9 Å². The zero-order valence-corrected chi connectivity index (χ0v) is 20.6. The molecule has 1 aliphatic rings. The first-order chi connectivity index (χ1) is 17.8. The van der Waals surface area contributed by atoms with E-state index in [1.54, 1.807) is 12.1 Å². The van der Waals surface area contributed by atoms with Gasteiger partial charge in [-0.3, -0.25) is 4.79 Å². The van der Waals surface area contributed by atoms with E-state index in [1.807, 2.05) is 0 Å². The molecule has 0 aliphatic carbocycles. The van der Waals surface area contributed by atoms with Crippen LogP contribution in [0.3, 0.4) is 0 Å². The first-order valence-corrected chi connectivity index (χ1v) is 11.4. The van der Waals surface area contributed by atoms with Crippen LogP contribution in [-0.4, -0.2) is 22.4 Å². The minimum Gasteiger partial charge on any atom is -0.352 e. The number of para-hydroxylation sites is 1. The maximum Gasteiger partial charge on any atom is 0.417 e. The molecule has 1 heterocycles. The largest absolute Gasteiger partial charge is 0.417 e. The highest BCUT2D eigenvalue weighted by molar-refractivity contribution is 6.33. The maximum absolute atomic E-state index is 14.3. The summed E-state index contributed by atoms with van der Waals surface area (Å²) in [6, 6.07) is 10.6. The predicted octanol–water partition coefficient (Wildman–Crippen LogP) is 7.00. The number of nitrogens with zero attached hydrogens (tertiary/aromatic N) is 3. The highest BCUT2D eigenvalue weighted by Crippen LogP contribution is 2.39. The molecule has 0 spiro atoms. The van der Waals surface area contributed by atoms with Crippen molar-refractivity contribution in [2.24, 2.45) is 0 Å². The highest BCUT2D eigenvalue weighted by atomic mass is 35.5. The predicted molar refractivity (Wildman–Crippen MR) is 130 cm³/mol. The van der Waals surface area contributed by atoms with Gasteiger partial charge in [-0.25, -0.2) is 18.5 Å². The Labute approximate surface area is 218 Å². The van der Waals surface area contributed by atoms with Crippen molar-refractivity contribution in [3.63, 3.8) is 0 Å². The maximum atomic E-state index is 14.3. The summed E-state index contributed by atoms with van der Waals surface area (Å²) >= 11 is 6.33. The summed E-state index contributed by atoms with van der Waals surface area (Å²) in [4.78, 5) is 28.4. The summed E-state index contributed by atoms with van der Waals surface area (Å²) in [7, 11) is 0. The van der Waals surface area contributed by atoms with Crippen LogP contribution in [0.4, 0.5) is 43.8 Å². The van der Waals surface area contributed by atoms with E-state index in [2.05, 4.69) is 5.32 Å². The van der Waals surface area contributed by atoms with Crippen molar-refractivity contribution >= 4 is 40.6 Å². The fourth-order valence-electron chi connectivity index (χ4n) is 4.07. The third kappa shape index (κ3) is 4.75. The van der Waals surface area contributed by atoms with Gasteiger partial charge in [0.05, 0.1) is 45.8 Å². The van der Waals surface area contributed by atoms with Crippen molar-refractivity contribution in [1.29, 1.82) is 5.26 Å². The first-order valence-electron chi connectivity index (χ1n) is 11.0. The molecule has 3 aromatic carbocycles. The number of hydrogen-bond acceptors (Lipinski definition) is 4. The van der Waals surface area contributed by atoms with Crippen LogP contribution in [0.15, 0.2) is 54.6 Å². The average molecular weight is 549 g/mol. The Morgan fingerprint density at radius 1 is 1.05 bits per heavy atom. The Morgan fingerprint density at radius 3 is 2.39 bits per heavy atom. The van der Waals surface area contributed by atoms with E-state index >= 15 is 0 Å². The van der Waals surface area contributed by atoms with E-state index in [0.717, 1.165) is 29.2 Å². The van der Waals surface area contributed by atoms with Gasteiger partial charge in [0.25, 0.3) is 5.91 Å². The number of alkyl halides is 3. The van der Waals surface area contributed by atoms with E-state index in [0.29, 0.717) is 22.6 Å². The fourth-order valence-corrected chi connectivity index (χ4v) is 4.31. The molecule has 6 nitrogen and oxygen atoms in total. The van der Waals surface area contributed by atoms with Crippen molar-refractivity contribution < 1.29 is 31.5 Å². The molecule has 1 saturated heterocycles. The van der Waals surface area contributed by atoms with Gasteiger partial charge in [-0.15, -0.1) is 0 Å². The molecule has 196 valence electrons. The summed E-state index contributed by atoms with van der Waals surface area (Å²) in [5.74, 6) is -2.47. The van der Waals surface area contributed by atoms with Crippen molar-refractivity contribution in [2.75, 3.05) is 10.2 Å². The number of carbonyl (C=O) groups is 2. The van der Waals surface area contributed by atoms with Crippen molar-refractivity contribution in [1.82, 2.24) is 4.90 Å². The third-order valence-electron chi connectivity index (χ3n) is 6.13. The van der Waals surface area contributed by atoms with Gasteiger partial charge in [0.15, 0.2) is 0 Å². The van der Waals surface area contributed by atoms with E-state index in [-0.39, 0.29) is 28.6 Å². The topological polar surface area (TPSA) is 76.4 Å².